The zero-order valence-corrected chi connectivity index (χ0v) is 16.5. The lowest BCUT2D eigenvalue weighted by atomic mass is 10.2. The van der Waals surface area contributed by atoms with Crippen LogP contribution in [0.2, 0.25) is 10.0 Å². The van der Waals surface area contributed by atoms with Gasteiger partial charge in [-0.2, -0.15) is 5.10 Å². The molecule has 0 aliphatic carbocycles. The molecule has 1 heterocycles. The summed E-state index contributed by atoms with van der Waals surface area (Å²) in [5, 5.41) is 9.80. The van der Waals surface area contributed by atoms with Crippen LogP contribution in [-0.2, 0) is 6.54 Å². The molecule has 134 valence electrons. The maximum absolute atomic E-state index is 6.19. The largest absolute Gasteiger partial charge is 0.311 e. The summed E-state index contributed by atoms with van der Waals surface area (Å²) in [4.78, 5) is 0.819. The first kappa shape index (κ1) is 18.0. The molecule has 0 unspecified atom stereocenters. The minimum atomic E-state index is 0.551. The van der Waals surface area contributed by atoms with Crippen LogP contribution in [0, 0.1) is 0 Å². The van der Waals surface area contributed by atoms with Crippen LogP contribution < -0.4 is 4.80 Å². The van der Waals surface area contributed by atoms with Crippen molar-refractivity contribution in [2.45, 2.75) is 6.54 Å². The van der Waals surface area contributed by atoms with Gasteiger partial charge in [0.25, 0.3) is 0 Å². The van der Waals surface area contributed by atoms with Crippen LogP contribution in [0.3, 0.4) is 0 Å². The average molecular weight is 412 g/mol. The van der Waals surface area contributed by atoms with Gasteiger partial charge in [0.2, 0.25) is 4.80 Å². The van der Waals surface area contributed by atoms with Crippen molar-refractivity contribution in [2.75, 3.05) is 0 Å². The van der Waals surface area contributed by atoms with E-state index in [-0.39, 0.29) is 0 Å². The summed E-state index contributed by atoms with van der Waals surface area (Å²) in [6.45, 7) is 0.728. The van der Waals surface area contributed by atoms with E-state index in [1.54, 1.807) is 35.8 Å². The van der Waals surface area contributed by atoms with E-state index in [4.69, 9.17) is 23.2 Å². The fourth-order valence-electron chi connectivity index (χ4n) is 2.79. The number of rotatable bonds is 4. The third-order valence-electron chi connectivity index (χ3n) is 4.10. The second-order valence-corrected chi connectivity index (χ2v) is 7.73. The van der Waals surface area contributed by atoms with E-state index >= 15 is 0 Å². The van der Waals surface area contributed by atoms with Crippen LogP contribution >= 0.6 is 34.5 Å². The Morgan fingerprint density at radius 1 is 0.852 bits per heavy atom. The summed E-state index contributed by atoms with van der Waals surface area (Å²) in [6, 6.07) is 23.9. The second-order valence-electron chi connectivity index (χ2n) is 5.90. The van der Waals surface area contributed by atoms with Gasteiger partial charge in [-0.1, -0.05) is 83.1 Å². The van der Waals surface area contributed by atoms with E-state index in [0.717, 1.165) is 21.6 Å². The molecule has 3 aromatic carbocycles. The molecule has 4 aromatic rings. The maximum atomic E-state index is 6.19. The number of hydrogen-bond donors (Lipinski definition) is 0. The molecule has 0 saturated heterocycles. The number of fused-ring (bicyclic) bond motifs is 1. The Hall–Kier alpha value is -2.40. The molecular formula is C21H15Cl2N3S. The van der Waals surface area contributed by atoms with Gasteiger partial charge in [-0.25, -0.2) is 0 Å². The normalized spacial score (nSPS) is 12.3. The molecule has 3 nitrogen and oxygen atoms in total. The SMILES string of the molecule is Clc1cccc(Cl)c1C=NN=c1sc2ccccc2n1Cc1ccccc1. The van der Waals surface area contributed by atoms with Crippen molar-refractivity contribution in [1.82, 2.24) is 4.57 Å². The predicted octanol–water partition coefficient (Wildman–Crippen LogP) is 5.99. The molecule has 0 radical (unpaired) electrons. The minimum Gasteiger partial charge on any atom is -0.311 e. The molecule has 0 atom stereocenters. The van der Waals surface area contributed by atoms with Gasteiger partial charge in [0.1, 0.15) is 0 Å². The minimum absolute atomic E-state index is 0.551. The van der Waals surface area contributed by atoms with E-state index in [1.165, 1.54) is 5.56 Å². The maximum Gasteiger partial charge on any atom is 0.211 e. The first-order valence-electron chi connectivity index (χ1n) is 8.36. The summed E-state index contributed by atoms with van der Waals surface area (Å²) in [5.41, 5.74) is 3.01. The van der Waals surface area contributed by atoms with Crippen molar-refractivity contribution < 1.29 is 0 Å². The van der Waals surface area contributed by atoms with Crippen LogP contribution in [0.25, 0.3) is 10.2 Å². The quantitative estimate of drug-likeness (QED) is 0.291. The van der Waals surface area contributed by atoms with Crippen molar-refractivity contribution in [2.24, 2.45) is 10.2 Å². The van der Waals surface area contributed by atoms with Crippen molar-refractivity contribution in [3.05, 3.63) is 98.8 Å². The fourth-order valence-corrected chi connectivity index (χ4v) is 4.27. The molecule has 0 saturated carbocycles. The predicted molar refractivity (Wildman–Crippen MR) is 115 cm³/mol. The Morgan fingerprint density at radius 2 is 1.56 bits per heavy atom. The van der Waals surface area contributed by atoms with Crippen molar-refractivity contribution in [3.8, 4) is 0 Å². The number of nitrogens with zero attached hydrogens (tertiary/aromatic N) is 3. The molecular weight excluding hydrogens is 397 g/mol. The van der Waals surface area contributed by atoms with Gasteiger partial charge in [-0.3, -0.25) is 0 Å². The molecule has 1 aromatic heterocycles. The summed E-state index contributed by atoms with van der Waals surface area (Å²) in [6.07, 6.45) is 1.60. The average Bonchev–Trinajstić information content (AvgIpc) is 3.02. The van der Waals surface area contributed by atoms with Gasteiger partial charge >= 0.3 is 0 Å². The van der Waals surface area contributed by atoms with Gasteiger partial charge in [-0.15, -0.1) is 5.10 Å². The van der Waals surface area contributed by atoms with Crippen molar-refractivity contribution in [3.63, 3.8) is 0 Å². The highest BCUT2D eigenvalue weighted by atomic mass is 35.5. The third-order valence-corrected chi connectivity index (χ3v) is 5.81. The molecule has 4 rings (SSSR count). The van der Waals surface area contributed by atoms with Crippen LogP contribution in [0.1, 0.15) is 11.1 Å². The number of thiazole rings is 1. The molecule has 0 fully saturated rings. The van der Waals surface area contributed by atoms with E-state index in [9.17, 15) is 0 Å². The number of aromatic nitrogens is 1. The van der Waals surface area contributed by atoms with E-state index in [2.05, 4.69) is 39.0 Å². The standard InChI is InChI=1S/C21H15Cl2N3S/c22-17-9-6-10-18(23)16(17)13-24-25-21-26(14-15-7-2-1-3-8-15)19-11-4-5-12-20(19)27-21/h1-13H,14H2. The second kappa shape index (κ2) is 8.09. The zero-order valence-electron chi connectivity index (χ0n) is 14.2. The first-order valence-corrected chi connectivity index (χ1v) is 9.93. The Labute approximate surface area is 170 Å². The lowest BCUT2D eigenvalue weighted by molar-refractivity contribution is 0.789. The Kier molecular flexibility index (Phi) is 5.39. The highest BCUT2D eigenvalue weighted by Gasteiger charge is 2.06. The Bertz CT molecular complexity index is 1160. The molecule has 27 heavy (non-hydrogen) atoms. The molecule has 0 amide bonds. The molecule has 0 aliphatic heterocycles. The van der Waals surface area contributed by atoms with E-state index in [0.29, 0.717) is 15.6 Å². The summed E-state index contributed by atoms with van der Waals surface area (Å²) in [7, 11) is 0. The molecule has 0 bridgehead atoms. The Morgan fingerprint density at radius 3 is 2.33 bits per heavy atom. The lowest BCUT2D eigenvalue weighted by Crippen LogP contribution is -2.15. The van der Waals surface area contributed by atoms with E-state index in [1.807, 2.05) is 30.3 Å². The molecule has 0 N–H and O–H groups in total. The summed E-state index contributed by atoms with van der Waals surface area (Å²) >= 11 is 14.0. The van der Waals surface area contributed by atoms with E-state index < -0.39 is 0 Å². The number of benzene rings is 3. The van der Waals surface area contributed by atoms with Crippen LogP contribution in [0.15, 0.2) is 83.0 Å². The van der Waals surface area contributed by atoms with Gasteiger partial charge < -0.3 is 4.57 Å². The summed E-state index contributed by atoms with van der Waals surface area (Å²) in [5.74, 6) is 0. The van der Waals surface area contributed by atoms with Crippen LogP contribution in [-0.4, -0.2) is 10.8 Å². The zero-order chi connectivity index (χ0) is 18.6. The van der Waals surface area contributed by atoms with Crippen LogP contribution in [0.4, 0.5) is 0 Å². The molecule has 0 aliphatic rings. The van der Waals surface area contributed by atoms with Crippen molar-refractivity contribution in [1.29, 1.82) is 0 Å². The van der Waals surface area contributed by atoms with Gasteiger partial charge in [0.15, 0.2) is 0 Å². The number of halogens is 2. The molecule has 0 spiro atoms. The monoisotopic (exact) mass is 411 g/mol. The first-order chi connectivity index (χ1) is 13.2. The lowest BCUT2D eigenvalue weighted by Gasteiger charge is -2.05. The summed E-state index contributed by atoms with van der Waals surface area (Å²) < 4.78 is 3.33. The number of para-hydroxylation sites is 1. The van der Waals surface area contributed by atoms with Gasteiger partial charge in [0.05, 0.1) is 33.0 Å². The Balaban J connectivity index is 1.78. The highest BCUT2D eigenvalue weighted by Crippen LogP contribution is 2.22. The van der Waals surface area contributed by atoms with Gasteiger partial charge in [-0.05, 0) is 29.8 Å². The number of hydrogen-bond acceptors (Lipinski definition) is 3. The smallest absolute Gasteiger partial charge is 0.211 e. The topological polar surface area (TPSA) is 29.6 Å². The van der Waals surface area contributed by atoms with Crippen molar-refractivity contribution >= 4 is 51.0 Å². The fraction of sp³-hybridized carbons (Fsp3) is 0.0476. The van der Waals surface area contributed by atoms with Gasteiger partial charge in [0, 0.05) is 5.56 Å². The van der Waals surface area contributed by atoms with Crippen LogP contribution in [0.5, 0.6) is 0 Å². The third kappa shape index (κ3) is 3.98. The highest BCUT2D eigenvalue weighted by molar-refractivity contribution is 7.16. The molecule has 6 heteroatoms.